The Labute approximate surface area is 147 Å². The third kappa shape index (κ3) is 2.08. The van der Waals surface area contributed by atoms with Gasteiger partial charge in [-0.25, -0.2) is 0 Å². The van der Waals surface area contributed by atoms with Crippen molar-refractivity contribution in [3.05, 3.63) is 108 Å². The Kier molecular flexibility index (Phi) is 3.09. The normalized spacial score (nSPS) is 22.2. The smallest absolute Gasteiger partial charge is 0.132 e. The van der Waals surface area contributed by atoms with Crippen molar-refractivity contribution in [2.45, 2.75) is 18.1 Å². The maximum absolute atomic E-state index is 11.7. The SMILES string of the molecule is O[C@]1(c2ccccc2)C[C@H](c2ccccc2)n2c1cc1ccccc12. The molecule has 3 aromatic carbocycles. The zero-order valence-corrected chi connectivity index (χ0v) is 13.8. The molecular formula is C23H19NO. The van der Waals surface area contributed by atoms with Crippen molar-refractivity contribution in [1.82, 2.24) is 4.57 Å². The highest BCUT2D eigenvalue weighted by molar-refractivity contribution is 5.83. The second-order valence-corrected chi connectivity index (χ2v) is 6.82. The van der Waals surface area contributed by atoms with E-state index in [0.29, 0.717) is 6.42 Å². The van der Waals surface area contributed by atoms with Gasteiger partial charge in [0.25, 0.3) is 0 Å². The van der Waals surface area contributed by atoms with E-state index < -0.39 is 5.60 Å². The van der Waals surface area contributed by atoms with Crippen LogP contribution in [0.1, 0.15) is 29.3 Å². The van der Waals surface area contributed by atoms with Gasteiger partial charge < -0.3 is 9.67 Å². The third-order valence-electron chi connectivity index (χ3n) is 5.41. The summed E-state index contributed by atoms with van der Waals surface area (Å²) in [6.07, 6.45) is 0.654. The maximum atomic E-state index is 11.7. The summed E-state index contributed by atoms with van der Waals surface area (Å²) in [5.74, 6) is 0. The second kappa shape index (κ2) is 5.33. The first-order valence-corrected chi connectivity index (χ1v) is 8.71. The summed E-state index contributed by atoms with van der Waals surface area (Å²) < 4.78 is 2.32. The van der Waals surface area contributed by atoms with Gasteiger partial charge in [-0.05, 0) is 23.3 Å². The fraction of sp³-hybridized carbons (Fsp3) is 0.130. The fourth-order valence-electron chi connectivity index (χ4n) is 4.23. The van der Waals surface area contributed by atoms with Gasteiger partial charge in [0, 0.05) is 17.3 Å². The molecule has 0 unspecified atom stereocenters. The number of para-hydroxylation sites is 1. The van der Waals surface area contributed by atoms with E-state index in [1.54, 1.807) is 0 Å². The quantitative estimate of drug-likeness (QED) is 0.559. The number of hydrogen-bond donors (Lipinski definition) is 1. The van der Waals surface area contributed by atoms with E-state index in [1.165, 1.54) is 16.5 Å². The van der Waals surface area contributed by atoms with E-state index in [9.17, 15) is 5.11 Å². The zero-order valence-electron chi connectivity index (χ0n) is 13.8. The van der Waals surface area contributed by atoms with E-state index in [2.05, 4.69) is 59.2 Å². The number of aromatic nitrogens is 1. The van der Waals surface area contributed by atoms with E-state index in [4.69, 9.17) is 0 Å². The molecule has 1 aliphatic heterocycles. The molecule has 0 radical (unpaired) electrons. The number of fused-ring (bicyclic) bond motifs is 3. The molecular weight excluding hydrogens is 306 g/mol. The highest BCUT2D eigenvalue weighted by Crippen LogP contribution is 2.49. The molecule has 2 heteroatoms. The molecule has 25 heavy (non-hydrogen) atoms. The lowest BCUT2D eigenvalue weighted by Gasteiger charge is -2.23. The molecule has 1 N–H and O–H groups in total. The van der Waals surface area contributed by atoms with Crippen LogP contribution in [0.25, 0.3) is 10.9 Å². The number of aliphatic hydroxyl groups is 1. The monoisotopic (exact) mass is 325 g/mol. The van der Waals surface area contributed by atoms with Crippen LogP contribution in [-0.4, -0.2) is 9.67 Å². The molecule has 0 bridgehead atoms. The van der Waals surface area contributed by atoms with Crippen molar-refractivity contribution < 1.29 is 5.11 Å². The van der Waals surface area contributed by atoms with Gasteiger partial charge in [0.05, 0.1) is 11.7 Å². The van der Waals surface area contributed by atoms with Gasteiger partial charge in [-0.3, -0.25) is 0 Å². The summed E-state index contributed by atoms with van der Waals surface area (Å²) in [4.78, 5) is 0. The fourth-order valence-corrected chi connectivity index (χ4v) is 4.23. The van der Waals surface area contributed by atoms with Crippen molar-refractivity contribution in [2.75, 3.05) is 0 Å². The van der Waals surface area contributed by atoms with E-state index in [-0.39, 0.29) is 6.04 Å². The molecule has 2 heterocycles. The summed E-state index contributed by atoms with van der Waals surface area (Å²) in [5, 5.41) is 12.9. The Morgan fingerprint density at radius 3 is 2.20 bits per heavy atom. The maximum Gasteiger partial charge on any atom is 0.132 e. The molecule has 0 aliphatic carbocycles. The van der Waals surface area contributed by atoms with Crippen molar-refractivity contribution in [2.24, 2.45) is 0 Å². The lowest BCUT2D eigenvalue weighted by molar-refractivity contribution is 0.0798. The van der Waals surface area contributed by atoms with Crippen molar-refractivity contribution in [3.63, 3.8) is 0 Å². The van der Waals surface area contributed by atoms with Crippen LogP contribution in [0.3, 0.4) is 0 Å². The van der Waals surface area contributed by atoms with Crippen molar-refractivity contribution in [1.29, 1.82) is 0 Å². The summed E-state index contributed by atoms with van der Waals surface area (Å²) in [7, 11) is 0. The average Bonchev–Trinajstić information content (AvgIpc) is 3.20. The molecule has 1 aliphatic rings. The molecule has 0 spiro atoms. The van der Waals surface area contributed by atoms with Crippen molar-refractivity contribution >= 4 is 10.9 Å². The summed E-state index contributed by atoms with van der Waals surface area (Å²) >= 11 is 0. The molecule has 0 saturated heterocycles. The first-order valence-electron chi connectivity index (χ1n) is 8.71. The van der Waals surface area contributed by atoms with Crippen LogP contribution in [0.5, 0.6) is 0 Å². The van der Waals surface area contributed by atoms with Crippen molar-refractivity contribution in [3.8, 4) is 0 Å². The lowest BCUT2D eigenvalue weighted by atomic mass is 9.86. The summed E-state index contributed by atoms with van der Waals surface area (Å²) in [6, 6.07) is 31.2. The van der Waals surface area contributed by atoms with E-state index in [1.807, 2.05) is 36.4 Å². The first kappa shape index (κ1) is 14.5. The molecule has 0 saturated carbocycles. The molecule has 2 nitrogen and oxygen atoms in total. The Hall–Kier alpha value is -2.84. The van der Waals surface area contributed by atoms with Gasteiger partial charge in [-0.15, -0.1) is 0 Å². The van der Waals surface area contributed by atoms with Gasteiger partial charge in [0.15, 0.2) is 0 Å². The molecule has 0 fully saturated rings. The molecule has 0 amide bonds. The van der Waals surface area contributed by atoms with Gasteiger partial charge in [-0.2, -0.15) is 0 Å². The topological polar surface area (TPSA) is 25.2 Å². The minimum absolute atomic E-state index is 0.126. The van der Waals surface area contributed by atoms with Crippen LogP contribution in [0, 0.1) is 0 Å². The Bertz CT molecular complexity index is 1040. The van der Waals surface area contributed by atoms with E-state index >= 15 is 0 Å². The second-order valence-electron chi connectivity index (χ2n) is 6.82. The number of hydrogen-bond acceptors (Lipinski definition) is 1. The summed E-state index contributed by atoms with van der Waals surface area (Å²) in [5.41, 5.74) is 3.38. The number of benzene rings is 3. The van der Waals surface area contributed by atoms with Crippen LogP contribution >= 0.6 is 0 Å². The minimum atomic E-state index is -0.971. The van der Waals surface area contributed by atoms with Gasteiger partial charge in [0.2, 0.25) is 0 Å². The highest BCUT2D eigenvalue weighted by Gasteiger charge is 2.45. The average molecular weight is 325 g/mol. The van der Waals surface area contributed by atoms with Crippen LogP contribution in [0.2, 0.25) is 0 Å². The third-order valence-corrected chi connectivity index (χ3v) is 5.41. The lowest BCUT2D eigenvalue weighted by Crippen LogP contribution is -2.24. The predicted molar refractivity (Wildman–Crippen MR) is 101 cm³/mol. The van der Waals surface area contributed by atoms with Crippen LogP contribution < -0.4 is 0 Å². The minimum Gasteiger partial charge on any atom is -0.379 e. The van der Waals surface area contributed by atoms with Crippen LogP contribution in [-0.2, 0) is 5.60 Å². The van der Waals surface area contributed by atoms with Crippen LogP contribution in [0.4, 0.5) is 0 Å². The zero-order chi connectivity index (χ0) is 16.9. The molecule has 4 aromatic rings. The Balaban J connectivity index is 1.79. The van der Waals surface area contributed by atoms with E-state index in [0.717, 1.165) is 11.3 Å². The Morgan fingerprint density at radius 1 is 0.800 bits per heavy atom. The van der Waals surface area contributed by atoms with Crippen LogP contribution in [0.15, 0.2) is 91.0 Å². The Morgan fingerprint density at radius 2 is 1.44 bits per heavy atom. The number of nitrogens with zero attached hydrogens (tertiary/aromatic N) is 1. The largest absolute Gasteiger partial charge is 0.379 e. The molecule has 1 aromatic heterocycles. The molecule has 2 atom stereocenters. The number of rotatable bonds is 2. The van der Waals surface area contributed by atoms with Gasteiger partial charge >= 0.3 is 0 Å². The molecule has 5 rings (SSSR count). The standard InChI is InChI=1S/C23H19NO/c25-23(19-12-5-2-6-13-19)16-21(17-9-3-1-4-10-17)24-20-14-8-7-11-18(20)15-22(23)24/h1-15,21,25H,16H2/t21-,23+/m1/s1. The van der Waals surface area contributed by atoms with Gasteiger partial charge in [-0.1, -0.05) is 78.9 Å². The predicted octanol–water partition coefficient (Wildman–Crippen LogP) is 4.87. The molecule has 122 valence electrons. The highest BCUT2D eigenvalue weighted by atomic mass is 16.3. The first-order chi connectivity index (χ1) is 12.3. The summed E-state index contributed by atoms with van der Waals surface area (Å²) in [6.45, 7) is 0. The van der Waals surface area contributed by atoms with Gasteiger partial charge in [0.1, 0.15) is 5.60 Å².